The van der Waals surface area contributed by atoms with Gasteiger partial charge in [0.15, 0.2) is 23.1 Å². The Balaban J connectivity index is 1.84. The van der Waals surface area contributed by atoms with Gasteiger partial charge in [-0.25, -0.2) is 23.7 Å². The maximum atomic E-state index is 13.5. The lowest BCUT2D eigenvalue weighted by Crippen LogP contribution is -2.01. The predicted molar refractivity (Wildman–Crippen MR) is 99.0 cm³/mol. The summed E-state index contributed by atoms with van der Waals surface area (Å²) in [7, 11) is 1.58. The first kappa shape index (κ1) is 16.8. The van der Waals surface area contributed by atoms with Crippen LogP contribution in [-0.4, -0.2) is 22.1 Å². The van der Waals surface area contributed by atoms with Crippen molar-refractivity contribution >= 4 is 22.5 Å². The van der Waals surface area contributed by atoms with Crippen molar-refractivity contribution in [1.82, 2.24) is 15.0 Å². The first-order valence-corrected chi connectivity index (χ1v) is 8.13. The zero-order valence-corrected chi connectivity index (χ0v) is 14.3. The summed E-state index contributed by atoms with van der Waals surface area (Å²) >= 11 is 0. The highest BCUT2D eigenvalue weighted by molar-refractivity contribution is 5.89. The lowest BCUT2D eigenvalue weighted by atomic mass is 10.2. The maximum absolute atomic E-state index is 13.5. The summed E-state index contributed by atoms with van der Waals surface area (Å²) in [6.45, 7) is 0. The third-order valence-electron chi connectivity index (χ3n) is 3.98. The maximum Gasteiger partial charge on any atom is 0.165 e. The van der Waals surface area contributed by atoms with E-state index in [2.05, 4.69) is 20.3 Å². The second-order valence-corrected chi connectivity index (χ2v) is 5.76. The number of hydrogen-bond donors (Lipinski definition) is 1. The monoisotopic (exact) mass is 364 g/mol. The van der Waals surface area contributed by atoms with Crippen LogP contribution in [0.5, 0.6) is 5.75 Å². The molecule has 0 spiro atoms. The molecule has 0 unspecified atom stereocenters. The van der Waals surface area contributed by atoms with Gasteiger partial charge in [-0.05, 0) is 36.4 Å². The lowest BCUT2D eigenvalue weighted by Gasteiger charge is -2.11. The Bertz CT molecular complexity index is 1130. The highest BCUT2D eigenvalue weighted by atomic mass is 19.2. The van der Waals surface area contributed by atoms with Gasteiger partial charge < -0.3 is 10.1 Å². The molecule has 0 radical (unpaired) electrons. The highest BCUT2D eigenvalue weighted by Crippen LogP contribution is 2.28. The van der Waals surface area contributed by atoms with Gasteiger partial charge in [0.2, 0.25) is 0 Å². The van der Waals surface area contributed by atoms with Crippen molar-refractivity contribution in [3.05, 3.63) is 72.4 Å². The van der Waals surface area contributed by atoms with Crippen molar-refractivity contribution in [3.8, 4) is 17.1 Å². The van der Waals surface area contributed by atoms with Crippen molar-refractivity contribution in [2.24, 2.45) is 0 Å². The Morgan fingerprint density at radius 3 is 2.63 bits per heavy atom. The number of fused-ring (bicyclic) bond motifs is 1. The van der Waals surface area contributed by atoms with Gasteiger partial charge in [-0.15, -0.1) is 0 Å². The molecule has 0 bridgehead atoms. The molecule has 0 saturated carbocycles. The van der Waals surface area contributed by atoms with Crippen LogP contribution in [0.3, 0.4) is 0 Å². The van der Waals surface area contributed by atoms with Crippen LogP contribution in [0.15, 0.2) is 60.8 Å². The summed E-state index contributed by atoms with van der Waals surface area (Å²) in [5.41, 5.74) is 1.60. The molecule has 5 nitrogen and oxygen atoms in total. The number of rotatable bonds is 4. The minimum Gasteiger partial charge on any atom is -0.497 e. The van der Waals surface area contributed by atoms with Crippen LogP contribution in [0, 0.1) is 11.6 Å². The van der Waals surface area contributed by atoms with E-state index in [1.54, 1.807) is 25.4 Å². The van der Waals surface area contributed by atoms with Crippen LogP contribution in [0.2, 0.25) is 0 Å². The van der Waals surface area contributed by atoms with Crippen molar-refractivity contribution < 1.29 is 13.5 Å². The third-order valence-corrected chi connectivity index (χ3v) is 3.98. The Morgan fingerprint density at radius 1 is 0.926 bits per heavy atom. The lowest BCUT2D eigenvalue weighted by molar-refractivity contribution is 0.415. The fourth-order valence-electron chi connectivity index (χ4n) is 2.66. The molecule has 0 aliphatic heterocycles. The van der Waals surface area contributed by atoms with Crippen molar-refractivity contribution in [2.45, 2.75) is 0 Å². The van der Waals surface area contributed by atoms with Crippen LogP contribution in [0.1, 0.15) is 0 Å². The standard InChI is InChI=1S/C20H14F2N4O/c1-27-14-5-2-4-12(10-14)18-25-19-15(6-3-9-23-19)20(26-18)24-13-7-8-16(21)17(22)11-13/h2-11H,1H3,(H,23,24,25,26). The number of aromatic nitrogens is 3. The predicted octanol–water partition coefficient (Wildman–Crippen LogP) is 4.72. The van der Waals surface area contributed by atoms with Gasteiger partial charge in [-0.2, -0.15) is 0 Å². The van der Waals surface area contributed by atoms with Crippen molar-refractivity contribution in [1.29, 1.82) is 0 Å². The number of hydrogen-bond acceptors (Lipinski definition) is 5. The third kappa shape index (κ3) is 3.39. The van der Waals surface area contributed by atoms with Gasteiger partial charge in [0.05, 0.1) is 12.5 Å². The first-order valence-electron chi connectivity index (χ1n) is 8.13. The van der Waals surface area contributed by atoms with E-state index in [1.165, 1.54) is 6.07 Å². The summed E-state index contributed by atoms with van der Waals surface area (Å²) in [6, 6.07) is 14.5. The molecule has 7 heteroatoms. The molecule has 1 N–H and O–H groups in total. The zero-order chi connectivity index (χ0) is 18.8. The van der Waals surface area contributed by atoms with E-state index in [-0.39, 0.29) is 0 Å². The van der Waals surface area contributed by atoms with E-state index in [1.807, 2.05) is 24.3 Å². The molecule has 134 valence electrons. The number of methoxy groups -OCH3 is 1. The molecule has 0 fully saturated rings. The number of ether oxygens (including phenoxy) is 1. The molecule has 2 aromatic heterocycles. The second-order valence-electron chi connectivity index (χ2n) is 5.76. The number of benzene rings is 2. The molecule has 0 aliphatic rings. The highest BCUT2D eigenvalue weighted by Gasteiger charge is 2.12. The van der Waals surface area contributed by atoms with E-state index in [9.17, 15) is 8.78 Å². The largest absolute Gasteiger partial charge is 0.497 e. The molecule has 4 rings (SSSR count). The van der Waals surface area contributed by atoms with Crippen LogP contribution >= 0.6 is 0 Å². The molecule has 27 heavy (non-hydrogen) atoms. The molecular weight excluding hydrogens is 350 g/mol. The smallest absolute Gasteiger partial charge is 0.165 e. The van der Waals surface area contributed by atoms with Crippen LogP contribution in [0.4, 0.5) is 20.3 Å². The van der Waals surface area contributed by atoms with Crippen LogP contribution in [-0.2, 0) is 0 Å². The minimum atomic E-state index is -0.940. The summed E-state index contributed by atoms with van der Waals surface area (Å²) < 4.78 is 32.0. The van der Waals surface area contributed by atoms with Gasteiger partial charge in [0.25, 0.3) is 0 Å². The second kappa shape index (κ2) is 6.95. The van der Waals surface area contributed by atoms with E-state index >= 15 is 0 Å². The summed E-state index contributed by atoms with van der Waals surface area (Å²) in [4.78, 5) is 13.4. The first-order chi connectivity index (χ1) is 13.1. The van der Waals surface area contributed by atoms with E-state index in [0.717, 1.165) is 17.7 Å². The average Bonchev–Trinajstić information content (AvgIpc) is 2.70. The van der Waals surface area contributed by atoms with Gasteiger partial charge in [-0.3, -0.25) is 0 Å². The van der Waals surface area contributed by atoms with E-state index < -0.39 is 11.6 Å². The Morgan fingerprint density at radius 2 is 1.81 bits per heavy atom. The number of halogens is 2. The quantitative estimate of drug-likeness (QED) is 0.568. The van der Waals surface area contributed by atoms with Gasteiger partial charge in [-0.1, -0.05) is 12.1 Å². The molecule has 2 aromatic carbocycles. The fraction of sp³-hybridized carbons (Fsp3) is 0.0500. The Labute approximate surface area is 153 Å². The summed E-state index contributed by atoms with van der Waals surface area (Å²) in [6.07, 6.45) is 1.63. The molecule has 0 aliphatic carbocycles. The molecule has 4 aromatic rings. The molecule has 0 amide bonds. The normalized spacial score (nSPS) is 10.8. The van der Waals surface area contributed by atoms with Crippen molar-refractivity contribution in [2.75, 3.05) is 12.4 Å². The Kier molecular flexibility index (Phi) is 4.33. The number of nitrogens with one attached hydrogen (secondary N) is 1. The molecule has 2 heterocycles. The SMILES string of the molecule is COc1cccc(-c2nc(Nc3ccc(F)c(F)c3)c3cccnc3n2)c1. The summed E-state index contributed by atoms with van der Waals surface area (Å²) in [5.74, 6) is -0.300. The molecule has 0 atom stereocenters. The van der Waals surface area contributed by atoms with Crippen molar-refractivity contribution in [3.63, 3.8) is 0 Å². The average molecular weight is 364 g/mol. The molecular formula is C20H14F2N4O. The number of pyridine rings is 1. The van der Waals surface area contributed by atoms with Gasteiger partial charge >= 0.3 is 0 Å². The van der Waals surface area contributed by atoms with Crippen LogP contribution in [0.25, 0.3) is 22.4 Å². The topological polar surface area (TPSA) is 59.9 Å². The number of anilines is 2. The molecule has 0 saturated heterocycles. The van der Waals surface area contributed by atoms with Gasteiger partial charge in [0.1, 0.15) is 11.6 Å². The van der Waals surface area contributed by atoms with E-state index in [0.29, 0.717) is 34.1 Å². The fourth-order valence-corrected chi connectivity index (χ4v) is 2.66. The minimum absolute atomic E-state index is 0.370. The van der Waals surface area contributed by atoms with Gasteiger partial charge in [0, 0.05) is 23.5 Å². The zero-order valence-electron chi connectivity index (χ0n) is 14.3. The number of nitrogens with zero attached hydrogens (tertiary/aromatic N) is 3. The van der Waals surface area contributed by atoms with Crippen LogP contribution < -0.4 is 10.1 Å². The summed E-state index contributed by atoms with van der Waals surface area (Å²) in [5, 5.41) is 3.69. The van der Waals surface area contributed by atoms with E-state index in [4.69, 9.17) is 4.74 Å². The Hall–Kier alpha value is -3.61.